The highest BCUT2D eigenvalue weighted by Gasteiger charge is 2.32. The first-order valence-electron chi connectivity index (χ1n) is 10.8. The molecule has 0 aromatic heterocycles. The van der Waals surface area contributed by atoms with Crippen LogP contribution in [0.5, 0.6) is 11.5 Å². The maximum Gasteiger partial charge on any atom is 0.243 e. The molecule has 1 saturated heterocycles. The standard InChI is InChI=1S/C25H25FN2O4S/c26-21-9-11-24(12-10-21)33(30,31)28-15-13-20(14-16-28)25(29)27-18-19-5-4-8-23(17-19)32-22-6-2-1-3-7-22/h1-12,17,20H,13-16,18H2,(H,27,29). The lowest BCUT2D eigenvalue weighted by Gasteiger charge is -2.30. The van der Waals surface area contributed by atoms with Crippen molar-refractivity contribution in [2.24, 2.45) is 5.92 Å². The van der Waals surface area contributed by atoms with Gasteiger partial charge in [-0.15, -0.1) is 0 Å². The first-order chi connectivity index (χ1) is 15.9. The van der Waals surface area contributed by atoms with Crippen LogP contribution in [0.2, 0.25) is 0 Å². The van der Waals surface area contributed by atoms with Gasteiger partial charge in [0.25, 0.3) is 0 Å². The zero-order valence-corrected chi connectivity index (χ0v) is 18.8. The van der Waals surface area contributed by atoms with Crippen LogP contribution in [0.15, 0.2) is 83.8 Å². The Morgan fingerprint density at radius 2 is 1.61 bits per heavy atom. The molecule has 6 nitrogen and oxygen atoms in total. The average Bonchev–Trinajstić information content (AvgIpc) is 2.84. The van der Waals surface area contributed by atoms with Crippen LogP contribution in [-0.2, 0) is 21.4 Å². The van der Waals surface area contributed by atoms with Gasteiger partial charge in [-0.3, -0.25) is 4.79 Å². The van der Waals surface area contributed by atoms with Crippen LogP contribution in [0.25, 0.3) is 0 Å². The number of para-hydroxylation sites is 1. The topological polar surface area (TPSA) is 75.7 Å². The number of nitrogens with zero attached hydrogens (tertiary/aromatic N) is 1. The number of hydrogen-bond donors (Lipinski definition) is 1. The normalized spacial score (nSPS) is 15.2. The van der Waals surface area contributed by atoms with E-state index in [-0.39, 0.29) is 29.8 Å². The van der Waals surface area contributed by atoms with Gasteiger partial charge >= 0.3 is 0 Å². The van der Waals surface area contributed by atoms with Gasteiger partial charge in [-0.05, 0) is 66.9 Å². The van der Waals surface area contributed by atoms with Crippen molar-refractivity contribution in [2.45, 2.75) is 24.3 Å². The number of amides is 1. The minimum atomic E-state index is -3.69. The third-order valence-corrected chi connectivity index (χ3v) is 7.53. The monoisotopic (exact) mass is 468 g/mol. The molecular weight excluding hydrogens is 443 g/mol. The van der Waals surface area contributed by atoms with Crippen molar-refractivity contribution >= 4 is 15.9 Å². The number of carbonyl (C=O) groups is 1. The molecule has 8 heteroatoms. The largest absolute Gasteiger partial charge is 0.457 e. The maximum atomic E-state index is 13.1. The Kier molecular flexibility index (Phi) is 7.05. The zero-order chi connectivity index (χ0) is 23.3. The zero-order valence-electron chi connectivity index (χ0n) is 18.0. The third-order valence-electron chi connectivity index (χ3n) is 5.62. The van der Waals surface area contributed by atoms with Crippen LogP contribution in [0.1, 0.15) is 18.4 Å². The second-order valence-electron chi connectivity index (χ2n) is 7.91. The van der Waals surface area contributed by atoms with Crippen molar-refractivity contribution in [3.05, 3.63) is 90.2 Å². The summed E-state index contributed by atoms with van der Waals surface area (Å²) in [6.45, 7) is 0.856. The third kappa shape index (κ3) is 5.77. The number of carbonyl (C=O) groups excluding carboxylic acids is 1. The van der Waals surface area contributed by atoms with E-state index in [4.69, 9.17) is 4.74 Å². The maximum absolute atomic E-state index is 13.1. The van der Waals surface area contributed by atoms with Crippen LogP contribution < -0.4 is 10.1 Å². The molecule has 0 aliphatic carbocycles. The van der Waals surface area contributed by atoms with Crippen LogP contribution in [0, 0.1) is 11.7 Å². The van der Waals surface area contributed by atoms with E-state index in [0.29, 0.717) is 25.1 Å². The number of halogens is 1. The fourth-order valence-electron chi connectivity index (χ4n) is 3.79. The number of sulfonamides is 1. The first-order valence-corrected chi connectivity index (χ1v) is 12.2. The van der Waals surface area contributed by atoms with Crippen molar-refractivity contribution in [1.82, 2.24) is 9.62 Å². The summed E-state index contributed by atoms with van der Waals surface area (Å²) in [7, 11) is -3.69. The molecule has 172 valence electrons. The molecule has 0 bridgehead atoms. The fourth-order valence-corrected chi connectivity index (χ4v) is 5.26. The van der Waals surface area contributed by atoms with Gasteiger partial charge in [-0.1, -0.05) is 30.3 Å². The van der Waals surface area contributed by atoms with Gasteiger partial charge < -0.3 is 10.1 Å². The Morgan fingerprint density at radius 1 is 0.939 bits per heavy atom. The Hall–Kier alpha value is -3.23. The van der Waals surface area contributed by atoms with Gasteiger partial charge in [-0.2, -0.15) is 4.31 Å². The molecule has 33 heavy (non-hydrogen) atoms. The molecule has 0 radical (unpaired) electrons. The fraction of sp³-hybridized carbons (Fsp3) is 0.240. The Morgan fingerprint density at radius 3 is 2.30 bits per heavy atom. The molecule has 0 unspecified atom stereocenters. The lowest BCUT2D eigenvalue weighted by molar-refractivity contribution is -0.126. The summed E-state index contributed by atoms with van der Waals surface area (Å²) in [4.78, 5) is 12.7. The lowest BCUT2D eigenvalue weighted by atomic mass is 9.97. The minimum absolute atomic E-state index is 0.0596. The molecular formula is C25H25FN2O4S. The van der Waals surface area contributed by atoms with Crippen molar-refractivity contribution in [3.8, 4) is 11.5 Å². The van der Waals surface area contributed by atoms with Gasteiger partial charge in [0.05, 0.1) is 4.90 Å². The molecule has 1 fully saturated rings. The number of ether oxygens (including phenoxy) is 1. The van der Waals surface area contributed by atoms with Crippen LogP contribution in [0.3, 0.4) is 0 Å². The molecule has 1 aliphatic heterocycles. The molecule has 0 atom stereocenters. The summed E-state index contributed by atoms with van der Waals surface area (Å²) in [5.74, 6) is 0.589. The molecule has 1 amide bonds. The number of rotatable bonds is 7. The average molecular weight is 469 g/mol. The Bertz CT molecular complexity index is 1190. The van der Waals surface area contributed by atoms with Crippen molar-refractivity contribution in [3.63, 3.8) is 0 Å². The predicted molar refractivity (Wildman–Crippen MR) is 123 cm³/mol. The molecule has 1 N–H and O–H groups in total. The summed E-state index contributed by atoms with van der Waals surface area (Å²) in [5.41, 5.74) is 0.910. The highest BCUT2D eigenvalue weighted by Crippen LogP contribution is 2.25. The predicted octanol–water partition coefficient (Wildman–Crippen LogP) is 4.34. The highest BCUT2D eigenvalue weighted by molar-refractivity contribution is 7.89. The van der Waals surface area contributed by atoms with Crippen LogP contribution in [0.4, 0.5) is 4.39 Å². The van der Waals surface area contributed by atoms with E-state index in [2.05, 4.69) is 5.32 Å². The van der Waals surface area contributed by atoms with E-state index in [9.17, 15) is 17.6 Å². The Balaban J connectivity index is 1.29. The number of piperidine rings is 1. The van der Waals surface area contributed by atoms with Crippen LogP contribution in [-0.4, -0.2) is 31.7 Å². The van der Waals surface area contributed by atoms with Gasteiger partial charge in [0.1, 0.15) is 17.3 Å². The summed E-state index contributed by atoms with van der Waals surface area (Å²) >= 11 is 0. The second-order valence-corrected chi connectivity index (χ2v) is 9.85. The van der Waals surface area contributed by atoms with Gasteiger partial charge in [0.15, 0.2) is 0 Å². The quantitative estimate of drug-likeness (QED) is 0.560. The number of hydrogen-bond acceptors (Lipinski definition) is 4. The molecule has 0 spiro atoms. The smallest absolute Gasteiger partial charge is 0.243 e. The summed E-state index contributed by atoms with van der Waals surface area (Å²) in [6.07, 6.45) is 0.868. The van der Waals surface area contributed by atoms with Crippen molar-refractivity contribution in [2.75, 3.05) is 13.1 Å². The van der Waals surface area contributed by atoms with E-state index in [0.717, 1.165) is 23.4 Å². The molecule has 3 aromatic carbocycles. The lowest BCUT2D eigenvalue weighted by Crippen LogP contribution is -2.42. The van der Waals surface area contributed by atoms with Crippen LogP contribution >= 0.6 is 0 Å². The Labute approximate surface area is 193 Å². The summed E-state index contributed by atoms with van der Waals surface area (Å²) in [6, 6.07) is 21.8. The SMILES string of the molecule is O=C(NCc1cccc(Oc2ccccc2)c1)C1CCN(S(=O)(=O)c2ccc(F)cc2)CC1. The van der Waals surface area contributed by atoms with Gasteiger partial charge in [-0.25, -0.2) is 12.8 Å². The minimum Gasteiger partial charge on any atom is -0.457 e. The van der Waals surface area contributed by atoms with E-state index >= 15 is 0 Å². The van der Waals surface area contributed by atoms with Gasteiger partial charge in [0.2, 0.25) is 15.9 Å². The molecule has 0 saturated carbocycles. The molecule has 1 aliphatic rings. The summed E-state index contributed by atoms with van der Waals surface area (Å²) in [5, 5.41) is 2.95. The van der Waals surface area contributed by atoms with E-state index in [1.54, 1.807) is 0 Å². The number of nitrogens with one attached hydrogen (secondary N) is 1. The van der Waals surface area contributed by atoms with E-state index < -0.39 is 15.8 Å². The molecule has 3 aromatic rings. The molecule has 1 heterocycles. The van der Waals surface area contributed by atoms with Gasteiger partial charge in [0, 0.05) is 25.6 Å². The first kappa shape index (κ1) is 22.9. The molecule has 4 rings (SSSR count). The van der Waals surface area contributed by atoms with Crippen molar-refractivity contribution < 1.29 is 22.3 Å². The van der Waals surface area contributed by atoms with E-state index in [1.807, 2.05) is 54.6 Å². The van der Waals surface area contributed by atoms with E-state index in [1.165, 1.54) is 16.4 Å². The second kappa shape index (κ2) is 10.1. The van der Waals surface area contributed by atoms with Crippen molar-refractivity contribution in [1.29, 1.82) is 0 Å². The number of benzene rings is 3. The summed E-state index contributed by atoms with van der Waals surface area (Å²) < 4.78 is 45.8. The highest BCUT2D eigenvalue weighted by atomic mass is 32.2.